The van der Waals surface area contributed by atoms with Crippen molar-refractivity contribution in [3.05, 3.63) is 16.6 Å². The van der Waals surface area contributed by atoms with Crippen LogP contribution in [0.3, 0.4) is 0 Å². The first-order valence-electron chi connectivity index (χ1n) is 6.08. The van der Waals surface area contributed by atoms with Crippen LogP contribution in [0, 0.1) is 5.92 Å². The molecule has 3 unspecified atom stereocenters. The van der Waals surface area contributed by atoms with E-state index in [1.165, 1.54) is 12.8 Å². The maximum absolute atomic E-state index is 9.86. The summed E-state index contributed by atoms with van der Waals surface area (Å²) in [6, 6.07) is 0.300. The van der Waals surface area contributed by atoms with Gasteiger partial charge in [-0.05, 0) is 25.7 Å². The topological polar surface area (TPSA) is 45.1 Å². The minimum absolute atomic E-state index is 0.107. The number of hydrogen-bond donors (Lipinski definition) is 2. The highest BCUT2D eigenvalue weighted by Gasteiger charge is 2.23. The van der Waals surface area contributed by atoms with Crippen LogP contribution < -0.4 is 5.32 Å². The Morgan fingerprint density at radius 2 is 2.38 bits per heavy atom. The van der Waals surface area contributed by atoms with E-state index >= 15 is 0 Å². The zero-order chi connectivity index (χ0) is 11.4. The molecule has 1 fully saturated rings. The average Bonchev–Trinajstić information content (AvgIpc) is 2.81. The summed E-state index contributed by atoms with van der Waals surface area (Å²) in [5, 5.41) is 16.5. The van der Waals surface area contributed by atoms with Gasteiger partial charge in [-0.2, -0.15) is 0 Å². The summed E-state index contributed by atoms with van der Waals surface area (Å²) in [7, 11) is 0. The van der Waals surface area contributed by atoms with Crippen molar-refractivity contribution in [2.45, 2.75) is 44.8 Å². The molecule has 90 valence electrons. The van der Waals surface area contributed by atoms with Crippen LogP contribution in [0.1, 0.15) is 43.7 Å². The predicted octanol–water partition coefficient (Wildman–Crippen LogP) is 2.34. The quantitative estimate of drug-likeness (QED) is 0.849. The van der Waals surface area contributed by atoms with E-state index in [2.05, 4.69) is 17.2 Å². The van der Waals surface area contributed by atoms with Crippen LogP contribution in [0.25, 0.3) is 0 Å². The molecule has 0 spiro atoms. The third-order valence-electron chi connectivity index (χ3n) is 3.38. The summed E-state index contributed by atoms with van der Waals surface area (Å²) >= 11 is 1.68. The lowest BCUT2D eigenvalue weighted by molar-refractivity contribution is 0.0684. The maximum atomic E-state index is 9.86. The van der Waals surface area contributed by atoms with Crippen LogP contribution in [-0.4, -0.2) is 22.7 Å². The summed E-state index contributed by atoms with van der Waals surface area (Å²) in [6.45, 7) is 3.04. The molecule has 0 amide bonds. The lowest BCUT2D eigenvalue weighted by atomic mass is 9.86. The molecule has 2 N–H and O–H groups in total. The molecule has 1 aromatic heterocycles. The molecular weight excluding hydrogens is 220 g/mol. The Labute approximate surface area is 101 Å². The summed E-state index contributed by atoms with van der Waals surface area (Å²) < 4.78 is 0. The van der Waals surface area contributed by atoms with E-state index in [1.54, 1.807) is 11.3 Å². The lowest BCUT2D eigenvalue weighted by Crippen LogP contribution is -2.34. The van der Waals surface area contributed by atoms with Gasteiger partial charge in [0.2, 0.25) is 0 Å². The van der Waals surface area contributed by atoms with Crippen molar-refractivity contribution in [3.63, 3.8) is 0 Å². The van der Waals surface area contributed by atoms with Gasteiger partial charge in [-0.15, -0.1) is 11.3 Å². The first-order chi connectivity index (χ1) is 7.77. The molecule has 1 aromatic rings. The molecule has 0 radical (unpaired) electrons. The lowest BCUT2D eigenvalue weighted by Gasteiger charge is -2.28. The molecule has 1 aliphatic rings. The molecular formula is C12H20N2OS. The largest absolute Gasteiger partial charge is 0.393 e. The number of nitrogens with one attached hydrogen (secondary N) is 1. The van der Waals surface area contributed by atoms with Gasteiger partial charge in [0.15, 0.2) is 0 Å². The first kappa shape index (κ1) is 12.0. The zero-order valence-corrected chi connectivity index (χ0v) is 10.5. The fraction of sp³-hybridized carbons (Fsp3) is 0.750. The number of nitrogens with zero attached hydrogens (tertiary/aromatic N) is 1. The summed E-state index contributed by atoms with van der Waals surface area (Å²) in [5.41, 5.74) is 0. The van der Waals surface area contributed by atoms with Crippen LogP contribution >= 0.6 is 11.3 Å². The second kappa shape index (κ2) is 5.75. The van der Waals surface area contributed by atoms with Crippen molar-refractivity contribution < 1.29 is 5.11 Å². The molecule has 16 heavy (non-hydrogen) atoms. The first-order valence-corrected chi connectivity index (χ1v) is 6.96. The Balaban J connectivity index is 1.78. The van der Waals surface area contributed by atoms with E-state index in [0.29, 0.717) is 12.0 Å². The van der Waals surface area contributed by atoms with E-state index in [1.807, 2.05) is 11.6 Å². The fourth-order valence-corrected chi connectivity index (χ4v) is 2.96. The molecule has 1 aliphatic carbocycles. The van der Waals surface area contributed by atoms with Crippen LogP contribution in [0.5, 0.6) is 0 Å². The Bertz CT molecular complexity index is 302. The minimum atomic E-state index is -0.107. The molecule has 3 atom stereocenters. The molecule has 0 aliphatic heterocycles. The summed E-state index contributed by atoms with van der Waals surface area (Å²) in [6.07, 6.45) is 6.30. The Kier molecular flexibility index (Phi) is 4.32. The van der Waals surface area contributed by atoms with Crippen LogP contribution in [0.2, 0.25) is 0 Å². The van der Waals surface area contributed by atoms with Gasteiger partial charge in [0, 0.05) is 18.1 Å². The standard InChI is InChI=1S/C12H20N2OS/c1-9(12-13-6-7-16-12)14-8-10-4-2-3-5-11(10)15/h6-7,9-11,14-15H,2-5,8H2,1H3. The van der Waals surface area contributed by atoms with Crippen molar-refractivity contribution in [2.24, 2.45) is 5.92 Å². The van der Waals surface area contributed by atoms with E-state index in [-0.39, 0.29) is 6.10 Å². The monoisotopic (exact) mass is 240 g/mol. The smallest absolute Gasteiger partial charge is 0.109 e. The fourth-order valence-electron chi connectivity index (χ4n) is 2.29. The molecule has 3 nitrogen and oxygen atoms in total. The van der Waals surface area contributed by atoms with Crippen LogP contribution in [0.4, 0.5) is 0 Å². The van der Waals surface area contributed by atoms with Crippen molar-refractivity contribution in [2.75, 3.05) is 6.54 Å². The van der Waals surface area contributed by atoms with Gasteiger partial charge in [-0.3, -0.25) is 0 Å². The second-order valence-electron chi connectivity index (χ2n) is 4.61. The van der Waals surface area contributed by atoms with E-state index in [0.717, 1.165) is 24.4 Å². The Hall–Kier alpha value is -0.450. The van der Waals surface area contributed by atoms with Gasteiger partial charge in [-0.25, -0.2) is 4.98 Å². The highest BCUT2D eigenvalue weighted by molar-refractivity contribution is 7.09. The summed E-state index contributed by atoms with van der Waals surface area (Å²) in [4.78, 5) is 4.29. The molecule has 1 heterocycles. The Morgan fingerprint density at radius 1 is 1.56 bits per heavy atom. The number of aliphatic hydroxyl groups excluding tert-OH is 1. The van der Waals surface area contributed by atoms with Crippen molar-refractivity contribution >= 4 is 11.3 Å². The molecule has 4 heteroatoms. The SMILES string of the molecule is CC(NCC1CCCCC1O)c1nccs1. The van der Waals surface area contributed by atoms with Gasteiger partial charge >= 0.3 is 0 Å². The minimum Gasteiger partial charge on any atom is -0.393 e. The molecule has 0 bridgehead atoms. The normalized spacial score (nSPS) is 27.9. The molecule has 2 rings (SSSR count). The molecule has 1 saturated carbocycles. The number of hydrogen-bond acceptors (Lipinski definition) is 4. The Morgan fingerprint density at radius 3 is 3.06 bits per heavy atom. The van der Waals surface area contributed by atoms with E-state index < -0.39 is 0 Å². The molecule has 0 saturated heterocycles. The van der Waals surface area contributed by atoms with Gasteiger partial charge < -0.3 is 10.4 Å². The highest BCUT2D eigenvalue weighted by atomic mass is 32.1. The van der Waals surface area contributed by atoms with Gasteiger partial charge in [0.05, 0.1) is 12.1 Å². The highest BCUT2D eigenvalue weighted by Crippen LogP contribution is 2.24. The van der Waals surface area contributed by atoms with Crippen LogP contribution in [0.15, 0.2) is 11.6 Å². The van der Waals surface area contributed by atoms with Gasteiger partial charge in [-0.1, -0.05) is 12.8 Å². The zero-order valence-electron chi connectivity index (χ0n) is 9.72. The van der Waals surface area contributed by atoms with E-state index in [4.69, 9.17) is 0 Å². The number of aliphatic hydroxyl groups is 1. The van der Waals surface area contributed by atoms with Crippen molar-refractivity contribution in [3.8, 4) is 0 Å². The molecule has 0 aromatic carbocycles. The van der Waals surface area contributed by atoms with E-state index in [9.17, 15) is 5.11 Å². The third-order valence-corrected chi connectivity index (χ3v) is 4.34. The number of aromatic nitrogens is 1. The summed E-state index contributed by atoms with van der Waals surface area (Å²) in [5.74, 6) is 0.427. The average molecular weight is 240 g/mol. The maximum Gasteiger partial charge on any atom is 0.109 e. The third kappa shape index (κ3) is 3.03. The number of thiazole rings is 1. The van der Waals surface area contributed by atoms with Crippen LogP contribution in [-0.2, 0) is 0 Å². The second-order valence-corrected chi connectivity index (χ2v) is 5.54. The van der Waals surface area contributed by atoms with Crippen molar-refractivity contribution in [1.82, 2.24) is 10.3 Å². The van der Waals surface area contributed by atoms with Gasteiger partial charge in [0.1, 0.15) is 5.01 Å². The van der Waals surface area contributed by atoms with Crippen molar-refractivity contribution in [1.29, 1.82) is 0 Å². The van der Waals surface area contributed by atoms with Gasteiger partial charge in [0.25, 0.3) is 0 Å². The predicted molar refractivity (Wildman–Crippen MR) is 66.5 cm³/mol. The number of rotatable bonds is 4.